The van der Waals surface area contributed by atoms with Gasteiger partial charge < -0.3 is 0 Å². The molecule has 1 aliphatic rings. The van der Waals surface area contributed by atoms with Crippen molar-refractivity contribution in [2.24, 2.45) is 4.99 Å². The van der Waals surface area contributed by atoms with Crippen molar-refractivity contribution in [3.63, 3.8) is 0 Å². The first-order chi connectivity index (χ1) is 9.74. The van der Waals surface area contributed by atoms with Gasteiger partial charge in [0.25, 0.3) is 5.69 Å². The highest BCUT2D eigenvalue weighted by Crippen LogP contribution is 2.43. The number of benzene rings is 2. The summed E-state index contributed by atoms with van der Waals surface area (Å²) in [5.74, 6) is 0.519. The molecule has 1 saturated carbocycles. The summed E-state index contributed by atoms with van der Waals surface area (Å²) in [5.41, 5.74) is 2.34. The minimum atomic E-state index is -0.396. The van der Waals surface area contributed by atoms with Gasteiger partial charge in [-0.25, -0.2) is 0 Å². The molecular weight excluding hydrogens is 252 g/mol. The van der Waals surface area contributed by atoms with Gasteiger partial charge in [-0.15, -0.1) is 0 Å². The molecule has 20 heavy (non-hydrogen) atoms. The molecule has 0 saturated heterocycles. The largest absolute Gasteiger partial charge is 0.289 e. The van der Waals surface area contributed by atoms with Crippen LogP contribution in [0.25, 0.3) is 0 Å². The highest BCUT2D eigenvalue weighted by Gasteiger charge is 2.37. The fourth-order valence-electron chi connectivity index (χ4n) is 2.27. The number of rotatable bonds is 4. The number of nitro groups is 1. The lowest BCUT2D eigenvalue weighted by atomic mass is 10.1. The Hall–Kier alpha value is -2.49. The van der Waals surface area contributed by atoms with Crippen molar-refractivity contribution in [1.29, 1.82) is 0 Å². The van der Waals surface area contributed by atoms with Crippen LogP contribution in [0.15, 0.2) is 59.6 Å². The average Bonchev–Trinajstić information content (AvgIpc) is 3.26. The van der Waals surface area contributed by atoms with E-state index in [0.29, 0.717) is 12.0 Å². The van der Waals surface area contributed by atoms with E-state index in [-0.39, 0.29) is 5.69 Å². The van der Waals surface area contributed by atoms with E-state index in [2.05, 4.69) is 17.1 Å². The molecule has 0 radical (unpaired) electrons. The van der Waals surface area contributed by atoms with Gasteiger partial charge in [0.2, 0.25) is 0 Å². The van der Waals surface area contributed by atoms with Gasteiger partial charge in [0.15, 0.2) is 0 Å². The van der Waals surface area contributed by atoms with Crippen LogP contribution in [0.2, 0.25) is 0 Å². The second-order valence-electron chi connectivity index (χ2n) is 4.95. The van der Waals surface area contributed by atoms with Gasteiger partial charge >= 0.3 is 0 Å². The zero-order chi connectivity index (χ0) is 13.9. The van der Waals surface area contributed by atoms with Crippen LogP contribution < -0.4 is 0 Å². The summed E-state index contributed by atoms with van der Waals surface area (Å²) in [7, 11) is 0. The summed E-state index contributed by atoms with van der Waals surface area (Å²) in [5, 5.41) is 10.6. The van der Waals surface area contributed by atoms with Crippen LogP contribution >= 0.6 is 0 Å². The minimum Gasteiger partial charge on any atom is -0.289 e. The molecule has 0 spiro atoms. The lowest BCUT2D eigenvalue weighted by molar-refractivity contribution is -0.384. The first-order valence-electron chi connectivity index (χ1n) is 6.56. The molecule has 0 aliphatic heterocycles. The zero-order valence-electron chi connectivity index (χ0n) is 10.8. The Morgan fingerprint density at radius 1 is 1.10 bits per heavy atom. The lowest BCUT2D eigenvalue weighted by Gasteiger charge is -1.96. The molecule has 0 bridgehead atoms. The van der Waals surface area contributed by atoms with Crippen LogP contribution in [0.3, 0.4) is 0 Å². The van der Waals surface area contributed by atoms with Gasteiger partial charge in [-0.05, 0) is 29.7 Å². The Morgan fingerprint density at radius 3 is 2.45 bits per heavy atom. The van der Waals surface area contributed by atoms with Gasteiger partial charge in [0, 0.05) is 24.3 Å². The first-order valence-corrected chi connectivity index (χ1v) is 6.56. The van der Waals surface area contributed by atoms with Crippen molar-refractivity contribution >= 4 is 11.9 Å². The van der Waals surface area contributed by atoms with Crippen LogP contribution in [0.1, 0.15) is 23.5 Å². The quantitative estimate of drug-likeness (QED) is 0.482. The molecule has 4 nitrogen and oxygen atoms in total. The van der Waals surface area contributed by atoms with Gasteiger partial charge in [-0.3, -0.25) is 15.1 Å². The van der Waals surface area contributed by atoms with E-state index in [1.54, 1.807) is 18.3 Å². The third kappa shape index (κ3) is 2.74. The predicted octanol–water partition coefficient (Wildman–Crippen LogP) is 3.57. The number of nitro benzene ring substituents is 1. The third-order valence-corrected chi connectivity index (χ3v) is 3.50. The maximum Gasteiger partial charge on any atom is 0.269 e. The average molecular weight is 266 g/mol. The Balaban J connectivity index is 1.63. The Kier molecular flexibility index (Phi) is 3.29. The van der Waals surface area contributed by atoms with Gasteiger partial charge in [-0.2, -0.15) is 0 Å². The van der Waals surface area contributed by atoms with E-state index < -0.39 is 4.92 Å². The molecule has 3 rings (SSSR count). The topological polar surface area (TPSA) is 55.5 Å². The van der Waals surface area contributed by atoms with E-state index in [4.69, 9.17) is 0 Å². The highest BCUT2D eigenvalue weighted by molar-refractivity contribution is 5.80. The Labute approximate surface area is 116 Å². The standard InChI is InChI=1S/C16H14N2O2/c19-18(20)14-8-6-12(7-9-14)11-17-16-10-15(16)13-4-2-1-3-5-13/h1-9,11,15-16H,10H2/t15-,16-/m0/s1. The number of non-ortho nitro benzene ring substituents is 1. The molecule has 100 valence electrons. The highest BCUT2D eigenvalue weighted by atomic mass is 16.6. The van der Waals surface area contributed by atoms with Crippen molar-refractivity contribution < 1.29 is 4.92 Å². The van der Waals surface area contributed by atoms with Crippen molar-refractivity contribution in [2.75, 3.05) is 0 Å². The van der Waals surface area contributed by atoms with E-state index in [1.165, 1.54) is 17.7 Å². The third-order valence-electron chi connectivity index (χ3n) is 3.50. The number of nitrogens with zero attached hydrogens (tertiary/aromatic N) is 2. The van der Waals surface area contributed by atoms with Crippen LogP contribution in [0, 0.1) is 10.1 Å². The van der Waals surface area contributed by atoms with E-state index in [9.17, 15) is 10.1 Å². The summed E-state index contributed by atoms with van der Waals surface area (Å²) in [4.78, 5) is 14.7. The summed E-state index contributed by atoms with van der Waals surface area (Å²) >= 11 is 0. The molecular formula is C16H14N2O2. The molecule has 4 heteroatoms. The van der Waals surface area contributed by atoms with Gasteiger partial charge in [-0.1, -0.05) is 30.3 Å². The molecule has 0 aromatic heterocycles. The number of aliphatic imine (C=N–C) groups is 1. The molecule has 0 amide bonds. The maximum absolute atomic E-state index is 10.6. The zero-order valence-corrected chi connectivity index (χ0v) is 10.8. The SMILES string of the molecule is O=[N+]([O-])c1ccc(C=N[C@H]2C[C@H]2c2ccccc2)cc1. The van der Waals surface area contributed by atoms with E-state index >= 15 is 0 Å². The van der Waals surface area contributed by atoms with Crippen molar-refractivity contribution in [3.05, 3.63) is 75.8 Å². The van der Waals surface area contributed by atoms with Crippen molar-refractivity contribution in [2.45, 2.75) is 18.4 Å². The molecule has 0 unspecified atom stereocenters. The Bertz CT molecular complexity index is 635. The minimum absolute atomic E-state index is 0.107. The number of hydrogen-bond acceptors (Lipinski definition) is 3. The van der Waals surface area contributed by atoms with Crippen LogP contribution in [-0.4, -0.2) is 17.2 Å². The summed E-state index contributed by atoms with van der Waals surface area (Å²) in [6.45, 7) is 0. The van der Waals surface area contributed by atoms with Gasteiger partial charge in [0.05, 0.1) is 11.0 Å². The molecule has 1 fully saturated rings. The fraction of sp³-hybridized carbons (Fsp3) is 0.188. The normalized spacial score (nSPS) is 21.0. The monoisotopic (exact) mass is 266 g/mol. The van der Waals surface area contributed by atoms with Crippen molar-refractivity contribution in [3.8, 4) is 0 Å². The maximum atomic E-state index is 10.6. The molecule has 2 aromatic carbocycles. The van der Waals surface area contributed by atoms with Crippen LogP contribution in [0.4, 0.5) is 5.69 Å². The second-order valence-corrected chi connectivity index (χ2v) is 4.95. The summed E-state index contributed by atoms with van der Waals surface area (Å²) in [6.07, 6.45) is 2.88. The van der Waals surface area contributed by atoms with Crippen LogP contribution in [0.5, 0.6) is 0 Å². The summed E-state index contributed by atoms with van der Waals surface area (Å²) in [6, 6.07) is 17.2. The molecule has 0 N–H and O–H groups in total. The second kappa shape index (κ2) is 5.25. The van der Waals surface area contributed by atoms with E-state index in [1.807, 2.05) is 18.2 Å². The lowest BCUT2D eigenvalue weighted by Crippen LogP contribution is -1.90. The fourth-order valence-corrected chi connectivity index (χ4v) is 2.27. The first kappa shape index (κ1) is 12.5. The predicted molar refractivity (Wildman–Crippen MR) is 78.3 cm³/mol. The smallest absolute Gasteiger partial charge is 0.269 e. The Morgan fingerprint density at radius 2 is 1.80 bits per heavy atom. The van der Waals surface area contributed by atoms with Gasteiger partial charge in [0.1, 0.15) is 0 Å². The molecule has 2 aromatic rings. The van der Waals surface area contributed by atoms with Crippen LogP contribution in [-0.2, 0) is 0 Å². The van der Waals surface area contributed by atoms with Crippen molar-refractivity contribution in [1.82, 2.24) is 0 Å². The molecule has 2 atom stereocenters. The van der Waals surface area contributed by atoms with E-state index in [0.717, 1.165) is 12.0 Å². The molecule has 0 heterocycles. The molecule has 1 aliphatic carbocycles. The number of hydrogen-bond donors (Lipinski definition) is 0. The summed E-state index contributed by atoms with van der Waals surface area (Å²) < 4.78 is 0.